The molecule has 3 aromatic rings. The molecule has 2 aromatic carbocycles. The van der Waals surface area contributed by atoms with Crippen LogP contribution in [0.15, 0.2) is 48.5 Å². The number of imide groups is 2. The van der Waals surface area contributed by atoms with Crippen molar-refractivity contribution in [3.63, 3.8) is 0 Å². The Labute approximate surface area is 288 Å². The van der Waals surface area contributed by atoms with Crippen LogP contribution < -0.4 is 20.9 Å². The Morgan fingerprint density at radius 3 is 2.52 bits per heavy atom. The molecule has 1 aromatic heterocycles. The van der Waals surface area contributed by atoms with Gasteiger partial charge in [-0.15, -0.1) is 10.2 Å². The van der Waals surface area contributed by atoms with Crippen molar-refractivity contribution in [1.82, 2.24) is 30.2 Å². The van der Waals surface area contributed by atoms with Crippen molar-refractivity contribution >= 4 is 40.8 Å². The Kier molecular flexibility index (Phi) is 7.46. The zero-order valence-corrected chi connectivity index (χ0v) is 27.5. The highest BCUT2D eigenvalue weighted by Crippen LogP contribution is 2.52. The van der Waals surface area contributed by atoms with Gasteiger partial charge in [-0.3, -0.25) is 34.3 Å². The topological polar surface area (TPSA) is 163 Å². The smallest absolute Gasteiger partial charge is 0.262 e. The van der Waals surface area contributed by atoms with E-state index in [1.165, 1.54) is 0 Å². The van der Waals surface area contributed by atoms with Crippen LogP contribution in [0.1, 0.15) is 33.6 Å². The minimum absolute atomic E-state index is 0.0981. The minimum Gasteiger partial charge on any atom is -0.507 e. The van der Waals surface area contributed by atoms with Crippen LogP contribution in [-0.2, 0) is 9.59 Å². The number of nitrogens with one attached hydrogen (secondary N) is 3. The zero-order chi connectivity index (χ0) is 34.1. The fraction of sp³-hybridized carbons (Fsp3) is 0.444. The summed E-state index contributed by atoms with van der Waals surface area (Å²) in [7, 11) is 0. The lowest BCUT2D eigenvalue weighted by Crippen LogP contribution is -2.58. The van der Waals surface area contributed by atoms with Crippen molar-refractivity contribution in [3.8, 4) is 17.0 Å². The minimum atomic E-state index is -0.964. The second-order valence-corrected chi connectivity index (χ2v) is 14.4. The van der Waals surface area contributed by atoms with Crippen molar-refractivity contribution in [2.24, 2.45) is 17.8 Å². The molecule has 0 bridgehead atoms. The molecule has 4 fully saturated rings. The van der Waals surface area contributed by atoms with Crippen LogP contribution in [0.4, 0.5) is 17.2 Å². The number of hydrogen-bond donors (Lipinski definition) is 4. The lowest BCUT2D eigenvalue weighted by molar-refractivity contribution is -0.136. The number of phenolic OH excluding ortho intramolecular Hbond substituents is 1. The number of carbonyl (C=O) groups is 4. The Balaban J connectivity index is 0.743. The Hall–Kier alpha value is -5.08. The number of rotatable bonds is 8. The number of likely N-dealkylation sites (tertiary alicyclic amines) is 1. The average Bonchev–Trinajstić information content (AvgIpc) is 3.43. The van der Waals surface area contributed by atoms with Gasteiger partial charge >= 0.3 is 0 Å². The molecule has 1 aliphatic carbocycles. The average molecular weight is 678 g/mol. The van der Waals surface area contributed by atoms with E-state index in [9.17, 15) is 24.3 Å². The van der Waals surface area contributed by atoms with E-state index in [-0.39, 0.29) is 35.6 Å². The molecule has 1 saturated carbocycles. The Morgan fingerprint density at radius 2 is 1.70 bits per heavy atom. The quantitative estimate of drug-likeness (QED) is 0.254. The van der Waals surface area contributed by atoms with Gasteiger partial charge < -0.3 is 25.5 Å². The normalized spacial score (nSPS) is 27.3. The number of piperidine rings is 2. The summed E-state index contributed by atoms with van der Waals surface area (Å²) in [5.41, 5.74) is 3.75. The SMILES string of the molecule is O=C1CCC(N2C(=O)c3ccc(NCCN4C[C@@H]5C(CN6CCN7c8cc(-c9ccccc9O)nnc8NC[C@H]7C6)[C@@H]5C4)cc3C2=O)C(=O)N1. The Morgan fingerprint density at radius 1 is 0.880 bits per heavy atom. The van der Waals surface area contributed by atoms with E-state index in [1.807, 2.05) is 18.2 Å². The van der Waals surface area contributed by atoms with E-state index in [2.05, 4.69) is 40.8 Å². The van der Waals surface area contributed by atoms with Crippen LogP contribution in [0.3, 0.4) is 0 Å². The fourth-order valence-corrected chi connectivity index (χ4v) is 8.77. The molecule has 4 N–H and O–H groups in total. The summed E-state index contributed by atoms with van der Waals surface area (Å²) >= 11 is 0. The molecule has 5 aliphatic heterocycles. The molecule has 0 spiro atoms. The molecular formula is C36H39N9O5. The molecule has 0 radical (unpaired) electrons. The number of benzene rings is 2. The van der Waals surface area contributed by atoms with E-state index in [0.717, 1.165) is 98.7 Å². The van der Waals surface area contributed by atoms with Crippen LogP contribution in [0.2, 0.25) is 0 Å². The fourth-order valence-electron chi connectivity index (χ4n) is 8.77. The molecule has 9 rings (SSSR count). The van der Waals surface area contributed by atoms with Crippen LogP contribution in [0.5, 0.6) is 5.75 Å². The van der Waals surface area contributed by atoms with Gasteiger partial charge in [-0.1, -0.05) is 12.1 Å². The van der Waals surface area contributed by atoms with Gasteiger partial charge in [0, 0.05) is 76.6 Å². The van der Waals surface area contributed by atoms with Crippen molar-refractivity contribution < 1.29 is 24.3 Å². The number of nitrogens with zero attached hydrogens (tertiary/aromatic N) is 6. The molecule has 4 amide bonds. The molecule has 2 unspecified atom stereocenters. The molecule has 6 heterocycles. The van der Waals surface area contributed by atoms with Gasteiger partial charge in [-0.25, -0.2) is 0 Å². The molecule has 50 heavy (non-hydrogen) atoms. The highest BCUT2D eigenvalue weighted by molar-refractivity contribution is 6.23. The number of aromatic hydroxyl groups is 1. The van der Waals surface area contributed by atoms with Crippen LogP contribution >= 0.6 is 0 Å². The van der Waals surface area contributed by atoms with E-state index in [0.29, 0.717) is 17.3 Å². The number of fused-ring (bicyclic) bond motifs is 5. The van der Waals surface area contributed by atoms with Crippen molar-refractivity contribution in [2.75, 3.05) is 74.4 Å². The summed E-state index contributed by atoms with van der Waals surface area (Å²) in [6.45, 7) is 8.72. The number of anilines is 3. The van der Waals surface area contributed by atoms with E-state index in [1.54, 1.807) is 30.3 Å². The summed E-state index contributed by atoms with van der Waals surface area (Å²) in [4.78, 5) is 58.6. The maximum Gasteiger partial charge on any atom is 0.262 e. The third-order valence-electron chi connectivity index (χ3n) is 11.4. The Bertz CT molecular complexity index is 1910. The van der Waals surface area contributed by atoms with Crippen molar-refractivity contribution in [1.29, 1.82) is 0 Å². The van der Waals surface area contributed by atoms with E-state index >= 15 is 0 Å². The first kappa shape index (κ1) is 30.9. The number of para-hydroxylation sites is 1. The molecule has 14 nitrogen and oxygen atoms in total. The number of carbonyl (C=O) groups excluding carboxylic acids is 4. The predicted octanol–water partition coefficient (Wildman–Crippen LogP) is 1.46. The first-order chi connectivity index (χ1) is 24.3. The lowest BCUT2D eigenvalue weighted by Gasteiger charge is -2.46. The maximum atomic E-state index is 13.2. The maximum absolute atomic E-state index is 13.2. The second-order valence-electron chi connectivity index (χ2n) is 14.4. The second kappa shape index (κ2) is 12.1. The third kappa shape index (κ3) is 5.33. The number of phenols is 1. The zero-order valence-electron chi connectivity index (χ0n) is 27.5. The van der Waals surface area contributed by atoms with Gasteiger partial charge in [0.1, 0.15) is 11.8 Å². The van der Waals surface area contributed by atoms with Gasteiger partial charge in [0.15, 0.2) is 5.82 Å². The summed E-state index contributed by atoms with van der Waals surface area (Å²) < 4.78 is 0. The summed E-state index contributed by atoms with van der Waals surface area (Å²) in [6, 6.07) is 13.8. The number of piperazine rings is 1. The van der Waals surface area contributed by atoms with Crippen LogP contribution in [-0.4, -0.2) is 125 Å². The third-order valence-corrected chi connectivity index (χ3v) is 11.4. The van der Waals surface area contributed by atoms with Crippen LogP contribution in [0, 0.1) is 17.8 Å². The molecule has 6 aliphatic rings. The largest absolute Gasteiger partial charge is 0.507 e. The monoisotopic (exact) mass is 677 g/mol. The van der Waals surface area contributed by atoms with Gasteiger partial charge in [0.2, 0.25) is 11.8 Å². The lowest BCUT2D eigenvalue weighted by atomic mass is 10.0. The molecular weight excluding hydrogens is 638 g/mol. The first-order valence-electron chi connectivity index (χ1n) is 17.5. The number of hydrogen-bond acceptors (Lipinski definition) is 12. The molecule has 258 valence electrons. The van der Waals surface area contributed by atoms with Gasteiger partial charge in [-0.2, -0.15) is 0 Å². The molecule has 5 atom stereocenters. The van der Waals surface area contributed by atoms with Crippen molar-refractivity contribution in [2.45, 2.75) is 24.9 Å². The number of aromatic nitrogens is 2. The van der Waals surface area contributed by atoms with Gasteiger partial charge in [0.25, 0.3) is 11.8 Å². The van der Waals surface area contributed by atoms with Gasteiger partial charge in [0.05, 0.1) is 28.6 Å². The van der Waals surface area contributed by atoms with Crippen LogP contribution in [0.25, 0.3) is 11.3 Å². The molecule has 14 heteroatoms. The molecule has 3 saturated heterocycles. The van der Waals surface area contributed by atoms with Crippen molar-refractivity contribution in [3.05, 3.63) is 59.7 Å². The first-order valence-corrected chi connectivity index (χ1v) is 17.5. The standard InChI is InChI=1S/C36H39N9O5/c46-31-4-2-1-3-23(31)28-14-30-33(41-40-28)38-15-21-16-43(11-12-44(21)30)19-27-25-17-42(18-26(25)27)10-9-37-20-5-6-22-24(13-20)36(50)45(35(22)49)29-7-8-32(47)39-34(29)48/h1-6,13-14,21,25-27,29,37,46H,7-12,15-19H2,(H,38,41)(H,39,47,48)/t21-,25-,26+,27?,29?/m0/s1. The summed E-state index contributed by atoms with van der Waals surface area (Å²) in [5, 5.41) is 28.3. The summed E-state index contributed by atoms with van der Waals surface area (Å²) in [6.07, 6.45) is 0.240. The van der Waals surface area contributed by atoms with E-state index < -0.39 is 23.8 Å². The highest BCUT2D eigenvalue weighted by atomic mass is 16.3. The number of amides is 4. The van der Waals surface area contributed by atoms with Gasteiger partial charge in [-0.05, 0) is 60.6 Å². The predicted molar refractivity (Wildman–Crippen MR) is 184 cm³/mol. The summed E-state index contributed by atoms with van der Waals surface area (Å²) in [5.74, 6) is 1.23. The highest BCUT2D eigenvalue weighted by Gasteiger charge is 2.55. The van der Waals surface area contributed by atoms with E-state index in [4.69, 9.17) is 0 Å².